The number of nitrogens with two attached hydrogens (primary N) is 1. The van der Waals surface area contributed by atoms with Crippen molar-refractivity contribution in [3.05, 3.63) is 29.3 Å². The van der Waals surface area contributed by atoms with Gasteiger partial charge in [-0.15, -0.1) is 0 Å². The maximum Gasteiger partial charge on any atom is 0.0346 e. The molecule has 0 aliphatic heterocycles. The van der Waals surface area contributed by atoms with Gasteiger partial charge < -0.3 is 11.1 Å². The highest BCUT2D eigenvalue weighted by molar-refractivity contribution is 5.48. The molecule has 0 atom stereocenters. The van der Waals surface area contributed by atoms with Crippen LogP contribution in [-0.4, -0.2) is 6.54 Å². The summed E-state index contributed by atoms with van der Waals surface area (Å²) in [6.45, 7) is 4.12. The first-order valence-electron chi connectivity index (χ1n) is 6.31. The molecule has 2 rings (SSSR count). The summed E-state index contributed by atoms with van der Waals surface area (Å²) in [6, 6.07) is 6.33. The Hall–Kier alpha value is -1.02. The molecule has 0 unspecified atom stereocenters. The quantitative estimate of drug-likeness (QED) is 0.589. The lowest BCUT2D eigenvalue weighted by atomic mass is 9.83. The van der Waals surface area contributed by atoms with Crippen LogP contribution in [0.4, 0.5) is 5.69 Å². The molecule has 0 aromatic heterocycles. The highest BCUT2D eigenvalue weighted by Crippen LogP contribution is 2.28. The molecular formula is C14H22N2. The molecule has 0 heterocycles. The van der Waals surface area contributed by atoms with Gasteiger partial charge in [0.05, 0.1) is 0 Å². The summed E-state index contributed by atoms with van der Waals surface area (Å²) in [5, 5.41) is 3.49. The summed E-state index contributed by atoms with van der Waals surface area (Å²) in [4.78, 5) is 0. The van der Waals surface area contributed by atoms with E-state index in [9.17, 15) is 0 Å². The molecule has 0 amide bonds. The van der Waals surface area contributed by atoms with Gasteiger partial charge in [-0.1, -0.05) is 31.4 Å². The van der Waals surface area contributed by atoms with E-state index in [2.05, 4.69) is 23.5 Å². The Morgan fingerprint density at radius 3 is 2.81 bits per heavy atom. The summed E-state index contributed by atoms with van der Waals surface area (Å²) in [6.07, 6.45) is 5.67. The molecule has 88 valence electrons. The highest BCUT2D eigenvalue weighted by atomic mass is 14.8. The third-order valence-corrected chi connectivity index (χ3v) is 3.63. The summed E-state index contributed by atoms with van der Waals surface area (Å²) in [5.74, 6) is 0.996. The molecule has 0 radical (unpaired) electrons. The maximum atomic E-state index is 5.88. The molecule has 1 aromatic rings. The standard InChI is InChI=1S/C14H22N2/c1-11-5-6-13(9-14(11)15)10-16-8-7-12-3-2-4-12/h5-6,9,12,16H,2-4,7-8,10,15H2,1H3. The van der Waals surface area contributed by atoms with Crippen molar-refractivity contribution in [3.8, 4) is 0 Å². The number of nitrogens with one attached hydrogen (secondary N) is 1. The van der Waals surface area contributed by atoms with Gasteiger partial charge in [0.2, 0.25) is 0 Å². The number of nitrogen functional groups attached to an aromatic ring is 1. The van der Waals surface area contributed by atoms with Crippen molar-refractivity contribution in [1.82, 2.24) is 5.32 Å². The van der Waals surface area contributed by atoms with Crippen LogP contribution in [0.15, 0.2) is 18.2 Å². The molecular weight excluding hydrogens is 196 g/mol. The van der Waals surface area contributed by atoms with Gasteiger partial charge in [-0.3, -0.25) is 0 Å². The summed E-state index contributed by atoms with van der Waals surface area (Å²) in [5.41, 5.74) is 9.23. The second-order valence-electron chi connectivity index (χ2n) is 4.95. The predicted octanol–water partition coefficient (Wildman–Crippen LogP) is 2.86. The van der Waals surface area contributed by atoms with E-state index in [1.54, 1.807) is 0 Å². The lowest BCUT2D eigenvalue weighted by Crippen LogP contribution is -2.21. The first kappa shape index (κ1) is 11.5. The summed E-state index contributed by atoms with van der Waals surface area (Å²) < 4.78 is 0. The number of hydrogen-bond donors (Lipinski definition) is 2. The van der Waals surface area contributed by atoms with E-state index in [0.29, 0.717) is 0 Å². The normalized spacial score (nSPS) is 16.1. The lowest BCUT2D eigenvalue weighted by molar-refractivity contribution is 0.292. The fraction of sp³-hybridized carbons (Fsp3) is 0.571. The van der Waals surface area contributed by atoms with Crippen LogP contribution >= 0.6 is 0 Å². The van der Waals surface area contributed by atoms with Crippen molar-refractivity contribution in [2.75, 3.05) is 12.3 Å². The minimum absolute atomic E-state index is 0.901. The smallest absolute Gasteiger partial charge is 0.0346 e. The maximum absolute atomic E-state index is 5.88. The van der Waals surface area contributed by atoms with Crippen LogP contribution < -0.4 is 11.1 Å². The third-order valence-electron chi connectivity index (χ3n) is 3.63. The van der Waals surface area contributed by atoms with Gasteiger partial charge in [0, 0.05) is 12.2 Å². The van der Waals surface area contributed by atoms with Crippen LogP contribution in [0.25, 0.3) is 0 Å². The van der Waals surface area contributed by atoms with E-state index >= 15 is 0 Å². The highest BCUT2D eigenvalue weighted by Gasteiger charge is 2.15. The Bertz CT molecular complexity index is 343. The zero-order valence-corrected chi connectivity index (χ0v) is 10.1. The monoisotopic (exact) mass is 218 g/mol. The van der Waals surface area contributed by atoms with Crippen LogP contribution in [0.5, 0.6) is 0 Å². The molecule has 2 nitrogen and oxygen atoms in total. The molecule has 1 aliphatic carbocycles. The van der Waals surface area contributed by atoms with Crippen LogP contribution in [0.2, 0.25) is 0 Å². The molecule has 0 saturated heterocycles. The fourth-order valence-electron chi connectivity index (χ4n) is 2.12. The molecule has 1 aromatic carbocycles. The fourth-order valence-corrected chi connectivity index (χ4v) is 2.12. The number of hydrogen-bond acceptors (Lipinski definition) is 2. The van der Waals surface area contributed by atoms with Gasteiger partial charge >= 0.3 is 0 Å². The van der Waals surface area contributed by atoms with E-state index in [4.69, 9.17) is 5.73 Å². The Kier molecular flexibility index (Phi) is 3.83. The largest absolute Gasteiger partial charge is 0.399 e. The number of aryl methyl sites for hydroxylation is 1. The van der Waals surface area contributed by atoms with Crippen LogP contribution in [0, 0.1) is 12.8 Å². The molecule has 0 spiro atoms. The van der Waals surface area contributed by atoms with E-state index in [-0.39, 0.29) is 0 Å². The Morgan fingerprint density at radius 1 is 1.38 bits per heavy atom. The predicted molar refractivity (Wildman–Crippen MR) is 69.3 cm³/mol. The topological polar surface area (TPSA) is 38.0 Å². The van der Waals surface area contributed by atoms with Crippen molar-refractivity contribution in [2.45, 2.75) is 39.2 Å². The van der Waals surface area contributed by atoms with Gasteiger partial charge in [0.1, 0.15) is 0 Å². The minimum Gasteiger partial charge on any atom is -0.399 e. The number of rotatable bonds is 5. The zero-order chi connectivity index (χ0) is 11.4. The van der Waals surface area contributed by atoms with E-state index < -0.39 is 0 Å². The van der Waals surface area contributed by atoms with Gasteiger partial charge in [-0.25, -0.2) is 0 Å². The zero-order valence-electron chi connectivity index (χ0n) is 10.1. The summed E-state index contributed by atoms with van der Waals surface area (Å²) >= 11 is 0. The Balaban J connectivity index is 1.69. The van der Waals surface area contributed by atoms with Gasteiger partial charge in [-0.2, -0.15) is 0 Å². The molecule has 1 aliphatic rings. The lowest BCUT2D eigenvalue weighted by Gasteiger charge is -2.25. The van der Waals surface area contributed by atoms with E-state index in [0.717, 1.165) is 24.7 Å². The van der Waals surface area contributed by atoms with Crippen molar-refractivity contribution in [3.63, 3.8) is 0 Å². The molecule has 0 bridgehead atoms. The van der Waals surface area contributed by atoms with Crippen LogP contribution in [0.3, 0.4) is 0 Å². The third kappa shape index (κ3) is 2.99. The van der Waals surface area contributed by atoms with Crippen molar-refractivity contribution in [2.24, 2.45) is 5.92 Å². The van der Waals surface area contributed by atoms with Crippen molar-refractivity contribution in [1.29, 1.82) is 0 Å². The Morgan fingerprint density at radius 2 is 2.19 bits per heavy atom. The minimum atomic E-state index is 0.901. The van der Waals surface area contributed by atoms with Gasteiger partial charge in [0.25, 0.3) is 0 Å². The first-order chi connectivity index (χ1) is 7.75. The second kappa shape index (κ2) is 5.35. The van der Waals surface area contributed by atoms with Crippen LogP contribution in [-0.2, 0) is 6.54 Å². The summed E-state index contributed by atoms with van der Waals surface area (Å²) in [7, 11) is 0. The average molecular weight is 218 g/mol. The van der Waals surface area contributed by atoms with E-state index in [1.165, 1.54) is 36.8 Å². The van der Waals surface area contributed by atoms with E-state index in [1.807, 2.05) is 6.92 Å². The first-order valence-corrected chi connectivity index (χ1v) is 6.31. The second-order valence-corrected chi connectivity index (χ2v) is 4.95. The van der Waals surface area contributed by atoms with Gasteiger partial charge in [0.15, 0.2) is 0 Å². The number of anilines is 1. The molecule has 1 fully saturated rings. The molecule has 16 heavy (non-hydrogen) atoms. The Labute approximate surface area is 98.2 Å². The average Bonchev–Trinajstić information content (AvgIpc) is 2.20. The van der Waals surface area contributed by atoms with Crippen LogP contribution in [0.1, 0.15) is 36.8 Å². The van der Waals surface area contributed by atoms with Crippen molar-refractivity contribution < 1.29 is 0 Å². The molecule has 2 heteroatoms. The SMILES string of the molecule is Cc1ccc(CNCCC2CCC2)cc1N. The number of benzene rings is 1. The van der Waals surface area contributed by atoms with Gasteiger partial charge in [-0.05, 0) is 43.0 Å². The molecule has 1 saturated carbocycles. The van der Waals surface area contributed by atoms with Crippen molar-refractivity contribution >= 4 is 5.69 Å². The molecule has 3 N–H and O–H groups in total.